The van der Waals surface area contributed by atoms with Gasteiger partial charge in [-0.2, -0.15) is 4.98 Å². The molecule has 0 radical (unpaired) electrons. The highest BCUT2D eigenvalue weighted by molar-refractivity contribution is 6.31. The molecule has 1 heterocycles. The van der Waals surface area contributed by atoms with Gasteiger partial charge in [0.1, 0.15) is 5.82 Å². The Balaban J connectivity index is 0.000000396. The fraction of sp³-hybridized carbons (Fsp3) is 0.467. The first-order valence-electron chi connectivity index (χ1n) is 6.96. The summed E-state index contributed by atoms with van der Waals surface area (Å²) >= 11 is 6.12. The van der Waals surface area contributed by atoms with E-state index in [0.717, 1.165) is 25.3 Å². The molecule has 0 N–H and O–H groups in total. The third kappa shape index (κ3) is 3.61. The van der Waals surface area contributed by atoms with Crippen molar-refractivity contribution >= 4 is 11.6 Å². The second-order valence-corrected chi connectivity index (χ2v) is 5.50. The second-order valence-electron chi connectivity index (χ2n) is 5.09. The van der Waals surface area contributed by atoms with Gasteiger partial charge in [0.2, 0.25) is 12.3 Å². The van der Waals surface area contributed by atoms with Crippen LogP contribution < -0.4 is 0 Å². The molecular weight excluding hydrogens is 317 g/mol. The Morgan fingerprint density at radius 3 is 2.45 bits per heavy atom. The van der Waals surface area contributed by atoms with Gasteiger partial charge in [-0.1, -0.05) is 29.7 Å². The van der Waals surface area contributed by atoms with E-state index >= 15 is 0 Å². The van der Waals surface area contributed by atoms with Gasteiger partial charge in [0.15, 0.2) is 5.82 Å². The van der Waals surface area contributed by atoms with Crippen LogP contribution in [-0.4, -0.2) is 16.6 Å². The summed E-state index contributed by atoms with van der Waals surface area (Å²) in [6.45, 7) is 2.79. The van der Waals surface area contributed by atoms with Gasteiger partial charge in [-0.25, -0.2) is 13.2 Å². The van der Waals surface area contributed by atoms with E-state index in [0.29, 0.717) is 23.2 Å². The minimum atomic E-state index is -2.17. The van der Waals surface area contributed by atoms with Gasteiger partial charge < -0.3 is 4.52 Å². The second kappa shape index (κ2) is 6.69. The molecule has 0 unspecified atom stereocenters. The summed E-state index contributed by atoms with van der Waals surface area (Å²) in [5.74, 6) is 0.948. The van der Waals surface area contributed by atoms with E-state index in [9.17, 15) is 13.2 Å². The molecule has 3 rings (SSSR count). The van der Waals surface area contributed by atoms with Crippen LogP contribution >= 0.6 is 11.6 Å². The summed E-state index contributed by atoms with van der Waals surface area (Å²) in [6.07, 6.45) is 0.377. The van der Waals surface area contributed by atoms with Crippen molar-refractivity contribution in [1.82, 2.24) is 10.1 Å². The van der Waals surface area contributed by atoms with Crippen molar-refractivity contribution < 1.29 is 17.7 Å². The lowest BCUT2D eigenvalue weighted by atomic mass is 9.95. The van der Waals surface area contributed by atoms with Crippen LogP contribution in [0.2, 0.25) is 5.02 Å². The van der Waals surface area contributed by atoms with Crippen LogP contribution in [0.5, 0.6) is 0 Å². The smallest absolute Gasteiger partial charge is 0.235 e. The molecule has 1 fully saturated rings. The van der Waals surface area contributed by atoms with E-state index in [4.69, 9.17) is 16.1 Å². The zero-order chi connectivity index (χ0) is 16.3. The monoisotopic (exact) mass is 332 g/mol. The number of alkyl halides is 2. The van der Waals surface area contributed by atoms with Gasteiger partial charge in [0, 0.05) is 11.4 Å². The molecule has 7 heteroatoms. The molecule has 1 aliphatic carbocycles. The summed E-state index contributed by atoms with van der Waals surface area (Å²) in [6, 6.07) is 4.46. The maximum Gasteiger partial charge on any atom is 0.235 e. The van der Waals surface area contributed by atoms with Crippen LogP contribution in [0.3, 0.4) is 0 Å². The van der Waals surface area contributed by atoms with Crippen molar-refractivity contribution in [2.24, 2.45) is 0 Å². The van der Waals surface area contributed by atoms with Crippen LogP contribution in [0.15, 0.2) is 22.7 Å². The van der Waals surface area contributed by atoms with Gasteiger partial charge in [0.05, 0.1) is 5.41 Å². The number of benzene rings is 1. The number of nitrogens with zero attached hydrogens (tertiary/aromatic N) is 2. The standard InChI is InChI=1S/C13H12ClFN2O.C2H4F2/c1-2-11-16-12(17-18-11)13(5-6-13)9-4-3-8(15)7-10(9)14;1-2(3)4/h3-4,7H,2,5-6H2,1H3;2H,1H3. The third-order valence-electron chi connectivity index (χ3n) is 3.40. The molecule has 1 aromatic carbocycles. The molecule has 0 bridgehead atoms. The van der Waals surface area contributed by atoms with E-state index in [-0.39, 0.29) is 11.2 Å². The molecule has 1 aliphatic rings. The lowest BCUT2D eigenvalue weighted by Gasteiger charge is -2.12. The zero-order valence-electron chi connectivity index (χ0n) is 12.2. The lowest BCUT2D eigenvalue weighted by molar-refractivity contribution is 0.171. The largest absolute Gasteiger partial charge is 0.339 e. The van der Waals surface area contributed by atoms with E-state index in [1.807, 2.05) is 6.92 Å². The molecule has 2 aromatic rings. The number of hydrogen-bond donors (Lipinski definition) is 0. The quantitative estimate of drug-likeness (QED) is 0.812. The molecule has 0 atom stereocenters. The Bertz CT molecular complexity index is 639. The minimum absolute atomic E-state index is 0.276. The SMILES string of the molecule is CC(F)F.CCc1nc(C2(c3ccc(F)cc3Cl)CC2)no1. The van der Waals surface area contributed by atoms with Crippen LogP contribution in [-0.2, 0) is 11.8 Å². The predicted octanol–water partition coefficient (Wildman–Crippen LogP) is 4.78. The Kier molecular flexibility index (Phi) is 5.11. The van der Waals surface area contributed by atoms with Gasteiger partial charge in [-0.15, -0.1) is 0 Å². The fourth-order valence-electron chi connectivity index (χ4n) is 2.21. The molecule has 1 saturated carbocycles. The molecular formula is C15H16ClF3N2O. The zero-order valence-corrected chi connectivity index (χ0v) is 13.0. The third-order valence-corrected chi connectivity index (χ3v) is 3.71. The molecule has 0 spiro atoms. The molecule has 1 aromatic heterocycles. The van der Waals surface area contributed by atoms with Crippen LogP contribution in [0.25, 0.3) is 0 Å². The van der Waals surface area contributed by atoms with Gasteiger partial charge >= 0.3 is 0 Å². The average Bonchev–Trinajstić information content (AvgIpc) is 3.08. The van der Waals surface area contributed by atoms with Crippen molar-refractivity contribution in [3.8, 4) is 0 Å². The van der Waals surface area contributed by atoms with Crippen molar-refractivity contribution in [1.29, 1.82) is 0 Å². The average molecular weight is 333 g/mol. The van der Waals surface area contributed by atoms with Gasteiger partial charge in [0.25, 0.3) is 0 Å². The van der Waals surface area contributed by atoms with E-state index in [1.165, 1.54) is 12.1 Å². The Hall–Kier alpha value is -1.56. The summed E-state index contributed by atoms with van der Waals surface area (Å²) in [5.41, 5.74) is 0.607. The minimum Gasteiger partial charge on any atom is -0.339 e. The first-order chi connectivity index (χ1) is 10.4. The number of rotatable bonds is 3. The molecule has 22 heavy (non-hydrogen) atoms. The lowest BCUT2D eigenvalue weighted by Crippen LogP contribution is -2.11. The highest BCUT2D eigenvalue weighted by Crippen LogP contribution is 2.54. The number of aryl methyl sites for hydroxylation is 1. The molecule has 3 nitrogen and oxygen atoms in total. The predicted molar refractivity (Wildman–Crippen MR) is 76.8 cm³/mol. The first-order valence-corrected chi connectivity index (χ1v) is 7.33. The molecule has 0 saturated heterocycles. The van der Waals surface area contributed by atoms with E-state index in [1.54, 1.807) is 6.07 Å². The number of hydrogen-bond acceptors (Lipinski definition) is 3. The highest BCUT2D eigenvalue weighted by atomic mass is 35.5. The Morgan fingerprint density at radius 1 is 1.36 bits per heavy atom. The maximum absolute atomic E-state index is 13.1. The Labute approximate surface area is 131 Å². The summed E-state index contributed by atoms with van der Waals surface area (Å²) in [5, 5.41) is 4.45. The van der Waals surface area contributed by atoms with Crippen molar-refractivity contribution in [3.63, 3.8) is 0 Å². The molecule has 120 valence electrons. The fourth-order valence-corrected chi connectivity index (χ4v) is 2.56. The Morgan fingerprint density at radius 2 is 2.00 bits per heavy atom. The number of halogens is 4. The van der Waals surface area contributed by atoms with E-state index in [2.05, 4.69) is 10.1 Å². The summed E-state index contributed by atoms with van der Waals surface area (Å²) < 4.78 is 38.9. The topological polar surface area (TPSA) is 38.9 Å². The van der Waals surface area contributed by atoms with Crippen LogP contribution in [0, 0.1) is 5.82 Å². The van der Waals surface area contributed by atoms with E-state index < -0.39 is 6.43 Å². The summed E-state index contributed by atoms with van der Waals surface area (Å²) in [7, 11) is 0. The van der Waals surface area contributed by atoms with Crippen molar-refractivity contribution in [2.45, 2.75) is 45.0 Å². The molecule has 0 amide bonds. The van der Waals surface area contributed by atoms with Crippen LogP contribution in [0.4, 0.5) is 13.2 Å². The normalized spacial score (nSPS) is 15.4. The summed E-state index contributed by atoms with van der Waals surface area (Å²) in [4.78, 5) is 4.37. The van der Waals surface area contributed by atoms with Crippen molar-refractivity contribution in [3.05, 3.63) is 46.3 Å². The van der Waals surface area contributed by atoms with Crippen molar-refractivity contribution in [2.75, 3.05) is 0 Å². The highest BCUT2D eigenvalue weighted by Gasteiger charge is 2.51. The van der Waals surface area contributed by atoms with Gasteiger partial charge in [-0.05, 0) is 37.5 Å². The first kappa shape index (κ1) is 16.8. The number of aromatic nitrogens is 2. The maximum atomic E-state index is 13.1. The molecule has 0 aliphatic heterocycles. The van der Waals surface area contributed by atoms with Crippen LogP contribution in [0.1, 0.15) is 44.0 Å². The van der Waals surface area contributed by atoms with Gasteiger partial charge in [-0.3, -0.25) is 0 Å².